The lowest BCUT2D eigenvalue weighted by atomic mass is 9.81. The van der Waals surface area contributed by atoms with Crippen molar-refractivity contribution in [1.29, 1.82) is 0 Å². The van der Waals surface area contributed by atoms with Crippen molar-refractivity contribution in [2.24, 2.45) is 0 Å². The molecule has 0 saturated carbocycles. The fourth-order valence-electron chi connectivity index (χ4n) is 8.84. The number of furan rings is 1. The van der Waals surface area contributed by atoms with E-state index >= 15 is 0 Å². The van der Waals surface area contributed by atoms with Crippen molar-refractivity contribution < 1.29 is 4.42 Å². The fraction of sp³-hybridized carbons (Fsp3) is 0.0638. The van der Waals surface area contributed by atoms with Crippen LogP contribution in [-0.4, -0.2) is 0 Å². The minimum absolute atomic E-state index is 0.112. The Hall–Kier alpha value is -5.92. The van der Waals surface area contributed by atoms with Crippen molar-refractivity contribution in [2.45, 2.75) is 19.3 Å². The highest BCUT2D eigenvalue weighted by molar-refractivity contribution is 6.27. The molecule has 48 heavy (non-hydrogen) atoms. The summed E-state index contributed by atoms with van der Waals surface area (Å²) in [7, 11) is 0. The Morgan fingerprint density at radius 1 is 0.396 bits per heavy atom. The third kappa shape index (κ3) is 3.35. The lowest BCUT2D eigenvalue weighted by Gasteiger charge is -2.22. The van der Waals surface area contributed by atoms with Crippen LogP contribution in [0.4, 0.5) is 0 Å². The third-order valence-corrected chi connectivity index (χ3v) is 11.2. The molecule has 0 radical (unpaired) electrons. The summed E-state index contributed by atoms with van der Waals surface area (Å²) < 4.78 is 6.81. The second kappa shape index (κ2) is 9.12. The van der Waals surface area contributed by atoms with E-state index in [4.69, 9.17) is 4.42 Å². The van der Waals surface area contributed by atoms with Crippen LogP contribution < -0.4 is 0 Å². The predicted octanol–water partition coefficient (Wildman–Crippen LogP) is 13.3. The summed E-state index contributed by atoms with van der Waals surface area (Å²) in [5.74, 6) is 0. The molecule has 10 aromatic rings. The van der Waals surface area contributed by atoms with E-state index in [2.05, 4.69) is 159 Å². The number of fused-ring (bicyclic) bond motifs is 7. The van der Waals surface area contributed by atoms with Gasteiger partial charge in [0.1, 0.15) is 11.2 Å². The van der Waals surface area contributed by atoms with Gasteiger partial charge in [0.25, 0.3) is 0 Å². The van der Waals surface area contributed by atoms with Crippen LogP contribution in [-0.2, 0) is 5.41 Å². The number of rotatable bonds is 2. The van der Waals surface area contributed by atoms with Gasteiger partial charge in [-0.05, 0) is 112 Å². The third-order valence-electron chi connectivity index (χ3n) is 11.2. The molecule has 1 aromatic heterocycles. The van der Waals surface area contributed by atoms with Crippen LogP contribution in [0.5, 0.6) is 0 Å². The summed E-state index contributed by atoms with van der Waals surface area (Å²) in [4.78, 5) is 0. The van der Waals surface area contributed by atoms with E-state index in [9.17, 15) is 0 Å². The molecule has 1 heteroatoms. The van der Waals surface area contributed by atoms with Gasteiger partial charge in [0.15, 0.2) is 0 Å². The van der Waals surface area contributed by atoms with Gasteiger partial charge in [-0.15, -0.1) is 0 Å². The zero-order chi connectivity index (χ0) is 31.7. The predicted molar refractivity (Wildman–Crippen MR) is 203 cm³/mol. The Morgan fingerprint density at radius 3 is 1.88 bits per heavy atom. The first-order valence-electron chi connectivity index (χ1n) is 16.8. The molecule has 1 aliphatic carbocycles. The second-order valence-corrected chi connectivity index (χ2v) is 14.1. The van der Waals surface area contributed by atoms with Gasteiger partial charge < -0.3 is 4.42 Å². The smallest absolute Gasteiger partial charge is 0.143 e. The molecule has 0 fully saturated rings. The summed E-state index contributed by atoms with van der Waals surface area (Å²) in [6, 6.07) is 53.9. The van der Waals surface area contributed by atoms with Crippen LogP contribution in [0.25, 0.3) is 98.4 Å². The van der Waals surface area contributed by atoms with Gasteiger partial charge in [0.2, 0.25) is 0 Å². The maximum absolute atomic E-state index is 6.81. The zero-order valence-electron chi connectivity index (χ0n) is 26.8. The first-order chi connectivity index (χ1) is 23.5. The van der Waals surface area contributed by atoms with Crippen LogP contribution in [0.1, 0.15) is 25.0 Å². The monoisotopic (exact) mass is 610 g/mol. The van der Waals surface area contributed by atoms with Crippen LogP contribution in [0.3, 0.4) is 0 Å². The Bertz CT molecular complexity index is 2960. The van der Waals surface area contributed by atoms with Crippen LogP contribution >= 0.6 is 0 Å². The topological polar surface area (TPSA) is 13.1 Å². The van der Waals surface area contributed by atoms with E-state index in [1.807, 2.05) is 0 Å². The van der Waals surface area contributed by atoms with Gasteiger partial charge in [-0.25, -0.2) is 0 Å². The minimum atomic E-state index is -0.112. The molecule has 9 aromatic carbocycles. The fourth-order valence-corrected chi connectivity index (χ4v) is 8.84. The van der Waals surface area contributed by atoms with Gasteiger partial charge in [-0.2, -0.15) is 0 Å². The molecule has 1 nitrogen and oxygen atoms in total. The van der Waals surface area contributed by atoms with Crippen molar-refractivity contribution >= 4 is 65.0 Å². The van der Waals surface area contributed by atoms with Crippen molar-refractivity contribution in [1.82, 2.24) is 0 Å². The largest absolute Gasteiger partial charge is 0.455 e. The Kier molecular flexibility index (Phi) is 4.97. The Labute approximate surface area is 278 Å². The number of benzene rings is 9. The quantitative estimate of drug-likeness (QED) is 0.178. The van der Waals surface area contributed by atoms with Crippen LogP contribution in [0.15, 0.2) is 150 Å². The van der Waals surface area contributed by atoms with Crippen molar-refractivity contribution in [3.63, 3.8) is 0 Å². The summed E-state index contributed by atoms with van der Waals surface area (Å²) in [5, 5.41) is 12.7. The van der Waals surface area contributed by atoms with Crippen LogP contribution in [0, 0.1) is 0 Å². The highest BCUT2D eigenvalue weighted by Crippen LogP contribution is 2.52. The molecule has 0 aliphatic heterocycles. The van der Waals surface area contributed by atoms with Gasteiger partial charge in [0.05, 0.1) is 0 Å². The highest BCUT2D eigenvalue weighted by Gasteiger charge is 2.36. The molecule has 0 atom stereocenters. The van der Waals surface area contributed by atoms with Crippen molar-refractivity contribution in [3.05, 3.63) is 157 Å². The van der Waals surface area contributed by atoms with Gasteiger partial charge in [-0.1, -0.05) is 129 Å². The van der Waals surface area contributed by atoms with E-state index in [0.29, 0.717) is 0 Å². The van der Waals surface area contributed by atoms with Gasteiger partial charge in [0, 0.05) is 21.8 Å². The van der Waals surface area contributed by atoms with Gasteiger partial charge in [-0.3, -0.25) is 0 Å². The summed E-state index contributed by atoms with van der Waals surface area (Å²) in [6.45, 7) is 4.73. The van der Waals surface area contributed by atoms with Crippen molar-refractivity contribution in [3.8, 4) is 33.4 Å². The SMILES string of the molecule is CC1(C)c2cc(-c3ccc(-c4ccc5ccc6cccc7ccc4c5c67)c4c3oc3ccccc34)ccc2-c2cc3ccccc3cc21. The lowest BCUT2D eigenvalue weighted by Crippen LogP contribution is -2.15. The zero-order valence-corrected chi connectivity index (χ0v) is 26.8. The summed E-state index contributed by atoms with van der Waals surface area (Å²) in [6.07, 6.45) is 0. The maximum atomic E-state index is 6.81. The minimum Gasteiger partial charge on any atom is -0.455 e. The first-order valence-corrected chi connectivity index (χ1v) is 16.8. The average Bonchev–Trinajstić information content (AvgIpc) is 3.62. The van der Waals surface area contributed by atoms with Crippen LogP contribution in [0.2, 0.25) is 0 Å². The molecule has 0 N–H and O–H groups in total. The molecule has 0 bridgehead atoms. The molecular weight excluding hydrogens is 581 g/mol. The van der Waals surface area contributed by atoms with E-state index in [0.717, 1.165) is 22.1 Å². The molecule has 0 amide bonds. The Morgan fingerprint density at radius 2 is 1.02 bits per heavy atom. The molecule has 1 aliphatic rings. The molecule has 0 saturated heterocycles. The molecular formula is C47H30O. The average molecular weight is 611 g/mol. The number of hydrogen-bond donors (Lipinski definition) is 0. The maximum Gasteiger partial charge on any atom is 0.143 e. The standard InChI is InChI=1S/C47H30O/c1-47(2)40-26-32(18-20-35(40)39-24-30-8-3-4-9-31(30)25-41(39)47)33-22-23-37(45-38-12-5-6-13-42(38)48-46(33)45)34-19-16-29-15-14-27-10-7-11-28-17-21-36(34)44(29)43(27)28/h3-26H,1-2H3. The molecule has 11 rings (SSSR count). The van der Waals surface area contributed by atoms with E-state index < -0.39 is 0 Å². The summed E-state index contributed by atoms with van der Waals surface area (Å²) in [5.41, 5.74) is 11.9. The molecule has 224 valence electrons. The van der Waals surface area contributed by atoms with E-state index in [-0.39, 0.29) is 5.41 Å². The normalized spacial score (nSPS) is 13.8. The van der Waals surface area contributed by atoms with Crippen molar-refractivity contribution in [2.75, 3.05) is 0 Å². The van der Waals surface area contributed by atoms with E-state index in [1.54, 1.807) is 0 Å². The lowest BCUT2D eigenvalue weighted by molar-refractivity contribution is 0.661. The molecule has 0 spiro atoms. The second-order valence-electron chi connectivity index (χ2n) is 14.1. The van der Waals surface area contributed by atoms with E-state index in [1.165, 1.54) is 87.4 Å². The number of para-hydroxylation sites is 1. The summed E-state index contributed by atoms with van der Waals surface area (Å²) >= 11 is 0. The Balaban J connectivity index is 1.16. The molecule has 0 unspecified atom stereocenters. The number of hydrogen-bond acceptors (Lipinski definition) is 1. The highest BCUT2D eigenvalue weighted by atomic mass is 16.3. The first kappa shape index (κ1) is 26.2. The van der Waals surface area contributed by atoms with Gasteiger partial charge >= 0.3 is 0 Å². The molecule has 1 heterocycles.